The van der Waals surface area contributed by atoms with Crippen LogP contribution in [0.4, 0.5) is 0 Å². The molecule has 0 saturated heterocycles. The fourth-order valence-corrected chi connectivity index (χ4v) is 0.479. The topological polar surface area (TPSA) is 29.1 Å². The van der Waals surface area contributed by atoms with Crippen LogP contribution in [0.15, 0.2) is 0 Å². The molecule has 0 aliphatic heterocycles. The van der Waals surface area contributed by atoms with Crippen molar-refractivity contribution < 1.29 is 37.5 Å². The summed E-state index contributed by atoms with van der Waals surface area (Å²) in [6, 6.07) is 0. The Bertz CT molecular complexity index is 113. The van der Waals surface area contributed by atoms with Crippen LogP contribution >= 0.6 is 0 Å². The zero-order chi connectivity index (χ0) is 8.15. The summed E-state index contributed by atoms with van der Waals surface area (Å²) in [6.07, 6.45) is 0. The Morgan fingerprint density at radius 3 is 2.18 bits per heavy atom. The van der Waals surface area contributed by atoms with Crippen molar-refractivity contribution in [2.24, 2.45) is 11.8 Å². The minimum atomic E-state index is 0. The minimum Gasteiger partial charge on any atom is -0.358 e. The summed E-state index contributed by atoms with van der Waals surface area (Å²) in [5.41, 5.74) is 0. The average Bonchev–Trinajstić information content (AvgIpc) is 1.82. The molecule has 1 radical (unpaired) electrons. The fraction of sp³-hybridized carbons (Fsp3) is 0.750. The number of amides is 1. The standard InChI is InChI=1S/C8H16NO.Y/c1-6(2)5-9-8(10)7(3)4;/h6-7H,1,5H2,2-4H3,(H,9,10);/q-1;. The zero-order valence-electron chi connectivity index (χ0n) is 7.55. The van der Waals surface area contributed by atoms with E-state index in [1.165, 1.54) is 0 Å². The molecular formula is C8H16NOY-. The van der Waals surface area contributed by atoms with Gasteiger partial charge in [-0.15, -0.1) is 0 Å². The van der Waals surface area contributed by atoms with E-state index in [4.69, 9.17) is 0 Å². The quantitative estimate of drug-likeness (QED) is 0.727. The first-order chi connectivity index (χ1) is 4.54. The summed E-state index contributed by atoms with van der Waals surface area (Å²) in [7, 11) is 0. The first-order valence-electron chi connectivity index (χ1n) is 3.64. The number of rotatable bonds is 3. The zero-order valence-corrected chi connectivity index (χ0v) is 10.4. The maximum absolute atomic E-state index is 10.9. The Morgan fingerprint density at radius 1 is 1.45 bits per heavy atom. The first kappa shape index (κ1) is 14.1. The second-order valence-corrected chi connectivity index (χ2v) is 3.01. The molecule has 1 atom stereocenters. The SMILES string of the molecule is [CH2-]C(C)CNC(=O)C(C)C.[Y]. The molecule has 0 aromatic carbocycles. The van der Waals surface area contributed by atoms with Crippen LogP contribution in [0, 0.1) is 18.8 Å². The van der Waals surface area contributed by atoms with Crippen LogP contribution in [0.25, 0.3) is 0 Å². The summed E-state index contributed by atoms with van der Waals surface area (Å²) in [5, 5.41) is 2.78. The number of carbonyl (C=O) groups is 1. The molecule has 63 valence electrons. The van der Waals surface area contributed by atoms with Gasteiger partial charge in [0.15, 0.2) is 0 Å². The smallest absolute Gasteiger partial charge is 0.222 e. The van der Waals surface area contributed by atoms with Crippen molar-refractivity contribution in [1.29, 1.82) is 0 Å². The first-order valence-corrected chi connectivity index (χ1v) is 3.64. The molecule has 0 bridgehead atoms. The molecule has 1 unspecified atom stereocenters. The van der Waals surface area contributed by atoms with Crippen LogP contribution in [0.3, 0.4) is 0 Å². The van der Waals surface area contributed by atoms with Gasteiger partial charge in [0.1, 0.15) is 0 Å². The van der Waals surface area contributed by atoms with Crippen LogP contribution in [0.2, 0.25) is 0 Å². The van der Waals surface area contributed by atoms with Gasteiger partial charge in [0.25, 0.3) is 0 Å². The summed E-state index contributed by atoms with van der Waals surface area (Å²) in [6.45, 7) is 10.2. The van der Waals surface area contributed by atoms with Gasteiger partial charge in [-0.2, -0.15) is 5.92 Å². The van der Waals surface area contributed by atoms with E-state index in [1.807, 2.05) is 20.8 Å². The van der Waals surface area contributed by atoms with E-state index in [9.17, 15) is 4.79 Å². The van der Waals surface area contributed by atoms with E-state index in [2.05, 4.69) is 12.2 Å². The van der Waals surface area contributed by atoms with Crippen LogP contribution in [-0.4, -0.2) is 12.5 Å². The molecule has 0 spiro atoms. The van der Waals surface area contributed by atoms with Crippen molar-refractivity contribution in [3.63, 3.8) is 0 Å². The third kappa shape index (κ3) is 8.48. The van der Waals surface area contributed by atoms with E-state index in [-0.39, 0.29) is 44.5 Å². The Kier molecular flexibility index (Phi) is 9.29. The molecule has 0 aromatic rings. The molecule has 0 heterocycles. The van der Waals surface area contributed by atoms with Gasteiger partial charge in [0, 0.05) is 38.6 Å². The summed E-state index contributed by atoms with van der Waals surface area (Å²) in [4.78, 5) is 10.9. The van der Waals surface area contributed by atoms with Gasteiger partial charge in [0.05, 0.1) is 0 Å². The van der Waals surface area contributed by atoms with Crippen molar-refractivity contribution in [3.8, 4) is 0 Å². The summed E-state index contributed by atoms with van der Waals surface area (Å²) < 4.78 is 0. The van der Waals surface area contributed by atoms with Gasteiger partial charge in [-0.25, -0.2) is 0 Å². The molecule has 2 nitrogen and oxygen atoms in total. The van der Waals surface area contributed by atoms with Crippen molar-refractivity contribution in [1.82, 2.24) is 5.32 Å². The Labute approximate surface area is 94.4 Å². The predicted molar refractivity (Wildman–Crippen MR) is 42.4 cm³/mol. The van der Waals surface area contributed by atoms with E-state index in [1.54, 1.807) is 0 Å². The Hall–Kier alpha value is 0.574. The van der Waals surface area contributed by atoms with Crippen molar-refractivity contribution in [2.75, 3.05) is 6.54 Å². The molecule has 0 aromatic heterocycles. The van der Waals surface area contributed by atoms with E-state index < -0.39 is 0 Å². The number of nitrogens with one attached hydrogen (secondary N) is 1. The molecule has 0 aliphatic carbocycles. The summed E-state index contributed by atoms with van der Waals surface area (Å²) >= 11 is 0. The van der Waals surface area contributed by atoms with Gasteiger partial charge >= 0.3 is 0 Å². The number of hydrogen-bond donors (Lipinski definition) is 1. The van der Waals surface area contributed by atoms with Gasteiger partial charge < -0.3 is 12.2 Å². The molecular weight excluding hydrogens is 215 g/mol. The maximum Gasteiger partial charge on any atom is 0.222 e. The van der Waals surface area contributed by atoms with Gasteiger partial charge in [-0.05, 0) is 6.54 Å². The van der Waals surface area contributed by atoms with Crippen molar-refractivity contribution >= 4 is 5.91 Å². The summed E-state index contributed by atoms with van der Waals surface area (Å²) in [5.74, 6) is 0.483. The van der Waals surface area contributed by atoms with E-state index in [0.29, 0.717) is 12.5 Å². The molecule has 1 amide bonds. The largest absolute Gasteiger partial charge is 0.358 e. The molecule has 0 fully saturated rings. The minimum absolute atomic E-state index is 0. The molecule has 0 rings (SSSR count). The number of carbonyl (C=O) groups excluding carboxylic acids is 1. The van der Waals surface area contributed by atoms with Crippen molar-refractivity contribution in [3.05, 3.63) is 6.92 Å². The Balaban J connectivity index is 0. The second kappa shape index (κ2) is 7.24. The third-order valence-electron chi connectivity index (χ3n) is 1.15. The predicted octanol–water partition coefficient (Wildman–Crippen LogP) is 1.23. The van der Waals surface area contributed by atoms with E-state index >= 15 is 0 Å². The molecule has 1 N–H and O–H groups in total. The van der Waals surface area contributed by atoms with E-state index in [0.717, 1.165) is 0 Å². The van der Waals surface area contributed by atoms with Gasteiger partial charge in [0.2, 0.25) is 5.91 Å². The molecule has 0 aliphatic rings. The fourth-order valence-electron chi connectivity index (χ4n) is 0.479. The average molecular weight is 231 g/mol. The number of hydrogen-bond acceptors (Lipinski definition) is 1. The van der Waals surface area contributed by atoms with Gasteiger partial charge in [-0.1, -0.05) is 20.8 Å². The van der Waals surface area contributed by atoms with Gasteiger partial charge in [-0.3, -0.25) is 4.79 Å². The monoisotopic (exact) mass is 231 g/mol. The van der Waals surface area contributed by atoms with Crippen LogP contribution in [0.1, 0.15) is 20.8 Å². The second-order valence-electron chi connectivity index (χ2n) is 3.01. The van der Waals surface area contributed by atoms with Crippen molar-refractivity contribution in [2.45, 2.75) is 20.8 Å². The molecule has 0 saturated carbocycles. The van der Waals surface area contributed by atoms with Crippen LogP contribution in [0.5, 0.6) is 0 Å². The third-order valence-corrected chi connectivity index (χ3v) is 1.15. The molecule has 3 heteroatoms. The maximum atomic E-state index is 10.9. The molecule has 11 heavy (non-hydrogen) atoms. The van der Waals surface area contributed by atoms with Crippen LogP contribution < -0.4 is 5.32 Å². The van der Waals surface area contributed by atoms with Crippen LogP contribution in [-0.2, 0) is 37.5 Å². The Morgan fingerprint density at radius 2 is 1.91 bits per heavy atom. The normalized spacial score (nSPS) is 12.1.